The number of imidazole rings is 1. The van der Waals surface area contributed by atoms with Crippen LogP contribution in [0.4, 0.5) is 23.2 Å². The van der Waals surface area contributed by atoms with Gasteiger partial charge in [0.1, 0.15) is 23.3 Å². The molecule has 0 saturated carbocycles. The van der Waals surface area contributed by atoms with Crippen molar-refractivity contribution in [3.8, 4) is 22.9 Å². The van der Waals surface area contributed by atoms with Crippen molar-refractivity contribution in [3.63, 3.8) is 0 Å². The maximum Gasteiger partial charge on any atom is 0.416 e. The van der Waals surface area contributed by atoms with Crippen LogP contribution in [-0.4, -0.2) is 27.7 Å². The van der Waals surface area contributed by atoms with Gasteiger partial charge in [-0.15, -0.1) is 0 Å². The number of hydrogen-bond acceptors (Lipinski definition) is 4. The number of nitrogens with zero attached hydrogens (tertiary/aromatic N) is 1. The van der Waals surface area contributed by atoms with Crippen molar-refractivity contribution in [3.05, 3.63) is 97.7 Å². The van der Waals surface area contributed by atoms with Crippen LogP contribution in [0.5, 0.6) is 11.6 Å². The van der Waals surface area contributed by atoms with Crippen LogP contribution >= 0.6 is 22.6 Å². The van der Waals surface area contributed by atoms with Gasteiger partial charge in [0, 0.05) is 15.6 Å². The van der Waals surface area contributed by atoms with Gasteiger partial charge in [0.15, 0.2) is 0 Å². The number of aromatic nitrogens is 2. The highest BCUT2D eigenvalue weighted by Gasteiger charge is 2.36. The fraction of sp³-hybridized carbons (Fsp3) is 0.154. The molecule has 3 aromatic carbocycles. The maximum atomic E-state index is 14.5. The van der Waals surface area contributed by atoms with Gasteiger partial charge in [0.25, 0.3) is 0 Å². The number of ether oxygens (including phenoxy) is 1. The van der Waals surface area contributed by atoms with Gasteiger partial charge in [-0.3, -0.25) is 4.79 Å². The van der Waals surface area contributed by atoms with Crippen LogP contribution in [-0.2, 0) is 17.4 Å². The summed E-state index contributed by atoms with van der Waals surface area (Å²) in [6, 6.07) is 13.1. The monoisotopic (exact) mass is 641 g/mol. The van der Waals surface area contributed by atoms with Crippen LogP contribution < -0.4 is 15.7 Å². The largest absolute Gasteiger partial charge is 0.497 e. The topological polar surface area (TPSA) is 96.4 Å². The summed E-state index contributed by atoms with van der Waals surface area (Å²) in [6.45, 7) is 0. The summed E-state index contributed by atoms with van der Waals surface area (Å²) in [6.07, 6.45) is -5.36. The second kappa shape index (κ2) is 10.9. The van der Waals surface area contributed by atoms with Crippen molar-refractivity contribution in [2.75, 3.05) is 12.4 Å². The second-order valence-corrected chi connectivity index (χ2v) is 9.46. The number of carbonyl (C=O) groups excluding carboxylic acids is 1. The first kappa shape index (κ1) is 27.2. The molecule has 0 spiro atoms. The second-order valence-electron chi connectivity index (χ2n) is 8.22. The lowest BCUT2D eigenvalue weighted by Crippen LogP contribution is -2.34. The first-order chi connectivity index (χ1) is 18.0. The average molecular weight is 641 g/mol. The van der Waals surface area contributed by atoms with Crippen molar-refractivity contribution in [1.29, 1.82) is 0 Å². The quantitative estimate of drug-likeness (QED) is 0.177. The number of halogens is 5. The number of alkyl halides is 3. The molecule has 7 nitrogen and oxygen atoms in total. The number of aromatic hydroxyl groups is 1. The Balaban J connectivity index is 1.81. The Morgan fingerprint density at radius 2 is 1.82 bits per heavy atom. The molecule has 1 aromatic heterocycles. The molecule has 0 aliphatic heterocycles. The van der Waals surface area contributed by atoms with Crippen molar-refractivity contribution >= 4 is 34.2 Å². The number of rotatable bonds is 7. The van der Waals surface area contributed by atoms with E-state index in [-0.39, 0.29) is 16.9 Å². The number of amides is 1. The number of carbonyl (C=O) groups is 1. The van der Waals surface area contributed by atoms with Crippen molar-refractivity contribution < 1.29 is 32.2 Å². The minimum Gasteiger partial charge on any atom is -0.497 e. The normalized spacial score (nSPS) is 12.3. The van der Waals surface area contributed by atoms with Crippen LogP contribution in [0, 0.1) is 9.39 Å². The lowest BCUT2D eigenvalue weighted by atomic mass is 9.99. The summed E-state index contributed by atoms with van der Waals surface area (Å²) < 4.78 is 61.9. The van der Waals surface area contributed by atoms with Gasteiger partial charge in [0.2, 0.25) is 11.8 Å². The van der Waals surface area contributed by atoms with Gasteiger partial charge in [-0.05, 0) is 76.7 Å². The molecule has 0 unspecified atom stereocenters. The van der Waals surface area contributed by atoms with Crippen LogP contribution in [0.3, 0.4) is 0 Å². The van der Waals surface area contributed by atoms with Crippen LogP contribution in [0.1, 0.15) is 17.2 Å². The zero-order valence-electron chi connectivity index (χ0n) is 19.6. The molecule has 0 bridgehead atoms. The Hall–Kier alpha value is -3.81. The minimum absolute atomic E-state index is 0.0556. The van der Waals surface area contributed by atoms with Crippen molar-refractivity contribution in [2.24, 2.45) is 0 Å². The first-order valence-corrected chi connectivity index (χ1v) is 12.2. The van der Waals surface area contributed by atoms with E-state index in [9.17, 15) is 32.3 Å². The highest BCUT2D eigenvalue weighted by atomic mass is 127. The average Bonchev–Trinajstić information content (AvgIpc) is 3.17. The Morgan fingerprint density at radius 3 is 2.45 bits per heavy atom. The van der Waals surface area contributed by atoms with Crippen molar-refractivity contribution in [2.45, 2.75) is 18.6 Å². The SMILES string of the molecule is COc1ccc(-c2[nH]c(=O)n([C@H](Cc3ccccc3C(F)(F)F)C(=O)Nc3ccc(I)cc3F)c2O)cc1. The molecule has 1 atom stereocenters. The number of H-pyrrole nitrogens is 1. The summed E-state index contributed by atoms with van der Waals surface area (Å²) >= 11 is 1.88. The predicted octanol–water partition coefficient (Wildman–Crippen LogP) is 5.74. The molecule has 4 rings (SSSR count). The zero-order valence-corrected chi connectivity index (χ0v) is 21.8. The molecule has 1 heterocycles. The molecule has 0 saturated heterocycles. The molecule has 3 N–H and O–H groups in total. The third-order valence-electron chi connectivity index (χ3n) is 5.82. The van der Waals surface area contributed by atoms with Crippen LogP contribution in [0.2, 0.25) is 0 Å². The maximum absolute atomic E-state index is 14.5. The van der Waals surface area contributed by atoms with E-state index in [1.807, 2.05) is 22.6 Å². The number of methoxy groups -OCH3 is 1. The molecule has 1 amide bonds. The van der Waals surface area contributed by atoms with Gasteiger partial charge < -0.3 is 20.1 Å². The van der Waals surface area contributed by atoms with E-state index >= 15 is 0 Å². The fourth-order valence-electron chi connectivity index (χ4n) is 3.98. The number of hydrogen-bond donors (Lipinski definition) is 3. The van der Waals surface area contributed by atoms with Crippen LogP contribution in [0.15, 0.2) is 71.5 Å². The summed E-state index contributed by atoms with van der Waals surface area (Å²) in [7, 11) is 1.46. The molecule has 12 heteroatoms. The van der Waals surface area contributed by atoms with E-state index < -0.39 is 47.5 Å². The fourth-order valence-corrected chi connectivity index (χ4v) is 4.43. The smallest absolute Gasteiger partial charge is 0.416 e. The first-order valence-electron chi connectivity index (χ1n) is 11.1. The number of benzene rings is 3. The molecule has 0 fully saturated rings. The number of aromatic amines is 1. The third kappa shape index (κ3) is 5.69. The van der Waals surface area contributed by atoms with Crippen LogP contribution in [0.25, 0.3) is 11.3 Å². The van der Waals surface area contributed by atoms with Gasteiger partial charge in [0.05, 0.1) is 18.4 Å². The van der Waals surface area contributed by atoms with E-state index in [4.69, 9.17) is 4.74 Å². The lowest BCUT2D eigenvalue weighted by Gasteiger charge is -2.21. The van der Waals surface area contributed by atoms with Gasteiger partial charge in [-0.25, -0.2) is 13.8 Å². The van der Waals surface area contributed by atoms with Gasteiger partial charge >= 0.3 is 11.9 Å². The number of anilines is 1. The predicted molar refractivity (Wildman–Crippen MR) is 141 cm³/mol. The Labute approximate surface area is 227 Å². The van der Waals surface area contributed by atoms with Gasteiger partial charge in [-0.2, -0.15) is 13.2 Å². The molecule has 198 valence electrons. The molecular formula is C26H20F4IN3O4. The third-order valence-corrected chi connectivity index (χ3v) is 6.49. The van der Waals surface area contributed by atoms with Gasteiger partial charge in [-0.1, -0.05) is 18.2 Å². The summed E-state index contributed by atoms with van der Waals surface area (Å²) in [5, 5.41) is 13.3. The Morgan fingerprint density at radius 1 is 1.13 bits per heavy atom. The molecule has 38 heavy (non-hydrogen) atoms. The van der Waals surface area contributed by atoms with E-state index in [0.29, 0.717) is 19.5 Å². The van der Waals surface area contributed by atoms with Crippen molar-refractivity contribution in [1.82, 2.24) is 9.55 Å². The van der Waals surface area contributed by atoms with E-state index in [1.165, 1.54) is 37.4 Å². The summed E-state index contributed by atoms with van der Waals surface area (Å²) in [4.78, 5) is 28.8. The van der Waals surface area contributed by atoms with E-state index in [1.54, 1.807) is 24.3 Å². The minimum atomic E-state index is -4.74. The molecule has 0 radical (unpaired) electrons. The summed E-state index contributed by atoms with van der Waals surface area (Å²) in [5.74, 6) is -1.94. The standard InChI is InChI=1S/C26H20F4IN3O4/c1-38-17-9-6-14(7-10-17)22-24(36)34(25(37)33-22)21(12-15-4-2-3-5-18(15)26(28,29)30)23(35)32-20-11-8-16(31)13-19(20)27/h2-11,13,21,36H,12H2,1H3,(H,32,35)(H,33,37)/t21-/m1/s1. The molecule has 4 aromatic rings. The summed E-state index contributed by atoms with van der Waals surface area (Å²) in [5.41, 5.74) is -2.17. The molecule has 0 aliphatic rings. The van der Waals surface area contributed by atoms with E-state index in [2.05, 4.69) is 10.3 Å². The highest BCUT2D eigenvalue weighted by Crippen LogP contribution is 2.35. The number of nitrogens with one attached hydrogen (secondary N) is 2. The molecule has 0 aliphatic carbocycles. The highest BCUT2D eigenvalue weighted by molar-refractivity contribution is 14.1. The Bertz CT molecular complexity index is 1530. The lowest BCUT2D eigenvalue weighted by molar-refractivity contribution is -0.138. The Kier molecular flexibility index (Phi) is 7.81. The van der Waals surface area contributed by atoms with E-state index in [0.717, 1.165) is 12.1 Å². The zero-order chi connectivity index (χ0) is 27.6. The molecular weight excluding hydrogens is 621 g/mol.